The van der Waals surface area contributed by atoms with E-state index >= 15 is 0 Å². The SMILES string of the molecule is CCC(C)CCCCCCCCCCCCCCCCCCCCC(=O)O[C@H](COC(=O)CCCCCCCCCCCCCCCCC(C)CC)COP(=O)(O)OC[C@@H](O)COP(=O)(O)OC[C@@H](COC(=O)CCCCCCCCC(C)CC)OC(=O)CCCCCCCCCCCCCC(C)C. The van der Waals surface area contributed by atoms with Crippen molar-refractivity contribution in [1.29, 1.82) is 0 Å². The number of carbonyl (C=O) groups excluding carboxylic acids is 4. The van der Waals surface area contributed by atoms with Gasteiger partial charge < -0.3 is 33.8 Å². The van der Waals surface area contributed by atoms with Gasteiger partial charge in [0.15, 0.2) is 12.2 Å². The summed E-state index contributed by atoms with van der Waals surface area (Å²) in [5, 5.41) is 10.7. The van der Waals surface area contributed by atoms with Gasteiger partial charge in [0, 0.05) is 25.7 Å². The highest BCUT2D eigenvalue weighted by molar-refractivity contribution is 7.47. The van der Waals surface area contributed by atoms with Gasteiger partial charge in [-0.3, -0.25) is 37.3 Å². The van der Waals surface area contributed by atoms with Gasteiger partial charge in [0.05, 0.1) is 26.4 Å². The van der Waals surface area contributed by atoms with E-state index in [1.165, 1.54) is 238 Å². The minimum atomic E-state index is -4.97. The molecule has 0 radical (unpaired) electrons. The number of hydrogen-bond donors (Lipinski definition) is 3. The molecule has 0 aromatic heterocycles. The lowest BCUT2D eigenvalue weighted by atomic mass is 9.99. The van der Waals surface area contributed by atoms with Gasteiger partial charge >= 0.3 is 39.5 Å². The number of aliphatic hydroxyl groups is 1. The highest BCUT2D eigenvalue weighted by Gasteiger charge is 2.31. The van der Waals surface area contributed by atoms with Crippen LogP contribution in [0.2, 0.25) is 0 Å². The first-order chi connectivity index (χ1) is 50.2. The molecular formula is C85H166O17P2. The zero-order valence-corrected chi connectivity index (χ0v) is 70.5. The third-order valence-corrected chi connectivity index (χ3v) is 22.8. The molecule has 0 amide bonds. The first-order valence-corrected chi connectivity index (χ1v) is 46.8. The first-order valence-electron chi connectivity index (χ1n) is 43.8. The van der Waals surface area contributed by atoms with Gasteiger partial charge in [0.1, 0.15) is 19.3 Å². The van der Waals surface area contributed by atoms with Crippen LogP contribution in [-0.2, 0) is 65.4 Å². The van der Waals surface area contributed by atoms with Crippen molar-refractivity contribution >= 4 is 39.5 Å². The van der Waals surface area contributed by atoms with Crippen LogP contribution in [0.4, 0.5) is 0 Å². The van der Waals surface area contributed by atoms with Gasteiger partial charge in [-0.1, -0.05) is 389 Å². The number of hydrogen-bond acceptors (Lipinski definition) is 15. The maximum atomic E-state index is 13.1. The van der Waals surface area contributed by atoms with Gasteiger partial charge in [0.25, 0.3) is 0 Å². The molecule has 0 aliphatic carbocycles. The van der Waals surface area contributed by atoms with Gasteiger partial charge in [-0.15, -0.1) is 0 Å². The number of esters is 4. The Kier molecular flexibility index (Phi) is 72.5. The number of aliphatic hydroxyl groups excluding tert-OH is 1. The summed E-state index contributed by atoms with van der Waals surface area (Å²) < 4.78 is 68.8. The third kappa shape index (κ3) is 74.2. The van der Waals surface area contributed by atoms with Crippen molar-refractivity contribution < 1.29 is 80.2 Å². The van der Waals surface area contributed by atoms with Crippen LogP contribution in [0.1, 0.15) is 441 Å². The Labute approximate surface area is 638 Å². The Balaban J connectivity index is 5.23. The van der Waals surface area contributed by atoms with Crippen LogP contribution >= 0.6 is 15.6 Å². The molecule has 3 N–H and O–H groups in total. The lowest BCUT2D eigenvalue weighted by Crippen LogP contribution is -2.30. The molecule has 17 nitrogen and oxygen atoms in total. The molecule has 0 bridgehead atoms. The standard InChI is InChI=1S/C85H166O17P2/c1-9-76(6)62-54-46-38-32-26-20-16-14-12-13-15-17-23-29-35-41-51-59-67-84(89)101-80(71-95-82(87)65-57-49-40-34-28-22-19-18-21-27-33-39-47-55-63-77(7)10-2)73-99-103(91,92)97-69-79(86)70-98-104(93,94)100-74-81(72-96-83(88)66-58-50-44-43-48-56-64-78(8)11-3)102-85(90)68-60-52-42-36-30-24-25-31-37-45-53-61-75(4)5/h75-81,86H,9-74H2,1-8H3,(H,91,92)(H,93,94)/t76?,77?,78?,79-,80-,81-/m1/s1. The normalized spacial score (nSPS) is 14.7. The summed E-state index contributed by atoms with van der Waals surface area (Å²) >= 11 is 0. The quantitative estimate of drug-likeness (QED) is 0.0222. The molecule has 8 atom stereocenters. The van der Waals surface area contributed by atoms with E-state index in [9.17, 15) is 43.2 Å². The van der Waals surface area contributed by atoms with Crippen LogP contribution in [-0.4, -0.2) is 96.7 Å². The number of carbonyl (C=O) groups is 4. The van der Waals surface area contributed by atoms with E-state index in [2.05, 4.69) is 55.4 Å². The van der Waals surface area contributed by atoms with E-state index in [1.54, 1.807) is 0 Å². The molecule has 0 aliphatic rings. The fourth-order valence-corrected chi connectivity index (χ4v) is 14.6. The summed E-state index contributed by atoms with van der Waals surface area (Å²) in [6.07, 6.45) is 62.4. The number of rotatable bonds is 82. The summed E-state index contributed by atoms with van der Waals surface area (Å²) in [7, 11) is -9.93. The average Bonchev–Trinajstić information content (AvgIpc) is 0.911. The van der Waals surface area contributed by atoms with Crippen LogP contribution in [0, 0.1) is 23.7 Å². The second-order valence-corrected chi connectivity index (χ2v) is 34.7. The predicted molar refractivity (Wildman–Crippen MR) is 428 cm³/mol. The molecule has 5 unspecified atom stereocenters. The predicted octanol–water partition coefficient (Wildman–Crippen LogP) is 25.6. The van der Waals surface area contributed by atoms with Crippen LogP contribution in [0.15, 0.2) is 0 Å². The molecule has 0 aromatic rings. The zero-order chi connectivity index (χ0) is 76.7. The highest BCUT2D eigenvalue weighted by Crippen LogP contribution is 2.45. The molecule has 19 heteroatoms. The number of unbranched alkanes of at least 4 members (excludes halogenated alkanes) is 45. The summed E-state index contributed by atoms with van der Waals surface area (Å²) in [6, 6.07) is 0. The number of phosphoric acid groups is 2. The third-order valence-electron chi connectivity index (χ3n) is 20.9. The molecule has 0 saturated heterocycles. The Morgan fingerprint density at radius 1 is 0.269 bits per heavy atom. The Bertz CT molecular complexity index is 2030. The van der Waals surface area contributed by atoms with Crippen molar-refractivity contribution in [2.24, 2.45) is 23.7 Å². The van der Waals surface area contributed by atoms with Crippen molar-refractivity contribution in [3.63, 3.8) is 0 Å². The van der Waals surface area contributed by atoms with Gasteiger partial charge in [-0.05, 0) is 49.4 Å². The van der Waals surface area contributed by atoms with Gasteiger partial charge in [0.2, 0.25) is 0 Å². The summed E-state index contributed by atoms with van der Waals surface area (Å²) in [5.74, 6) is 1.11. The van der Waals surface area contributed by atoms with E-state index in [0.29, 0.717) is 25.7 Å². The molecule has 0 saturated carbocycles. The molecule has 0 fully saturated rings. The van der Waals surface area contributed by atoms with Gasteiger partial charge in [-0.25, -0.2) is 9.13 Å². The zero-order valence-electron chi connectivity index (χ0n) is 68.7. The molecule has 0 aromatic carbocycles. The Hall–Kier alpha value is -1.94. The minimum Gasteiger partial charge on any atom is -0.462 e. The first kappa shape index (κ1) is 102. The van der Waals surface area contributed by atoms with Crippen LogP contribution < -0.4 is 0 Å². The van der Waals surface area contributed by atoms with Crippen molar-refractivity contribution in [3.8, 4) is 0 Å². The fourth-order valence-electron chi connectivity index (χ4n) is 13.0. The maximum Gasteiger partial charge on any atom is 0.472 e. The monoisotopic (exact) mass is 1520 g/mol. The second kappa shape index (κ2) is 73.8. The fraction of sp³-hybridized carbons (Fsp3) is 0.953. The lowest BCUT2D eigenvalue weighted by molar-refractivity contribution is -0.161. The van der Waals surface area contributed by atoms with E-state index < -0.39 is 97.5 Å². The molecule has 618 valence electrons. The number of phosphoric ester groups is 2. The minimum absolute atomic E-state index is 0.105. The second-order valence-electron chi connectivity index (χ2n) is 31.8. The summed E-state index contributed by atoms with van der Waals surface area (Å²) in [4.78, 5) is 73.2. The summed E-state index contributed by atoms with van der Waals surface area (Å²) in [6.45, 7) is 14.4. The molecular weight excluding hydrogens is 1350 g/mol. The van der Waals surface area contributed by atoms with E-state index in [4.69, 9.17) is 37.0 Å². The molecule has 0 spiro atoms. The topological polar surface area (TPSA) is 237 Å². The van der Waals surface area contributed by atoms with E-state index in [1.807, 2.05) is 0 Å². The lowest BCUT2D eigenvalue weighted by Gasteiger charge is -2.21. The highest BCUT2D eigenvalue weighted by atomic mass is 31.2. The number of ether oxygens (including phenoxy) is 4. The smallest absolute Gasteiger partial charge is 0.462 e. The van der Waals surface area contributed by atoms with Crippen LogP contribution in [0.3, 0.4) is 0 Å². The van der Waals surface area contributed by atoms with Crippen LogP contribution in [0.25, 0.3) is 0 Å². The Morgan fingerprint density at radius 2 is 0.462 bits per heavy atom. The molecule has 0 rings (SSSR count). The van der Waals surface area contributed by atoms with Crippen molar-refractivity contribution in [2.75, 3.05) is 39.6 Å². The van der Waals surface area contributed by atoms with E-state index in [0.717, 1.165) is 120 Å². The maximum absolute atomic E-state index is 13.1. The molecule has 0 heterocycles. The van der Waals surface area contributed by atoms with Crippen molar-refractivity contribution in [3.05, 3.63) is 0 Å². The molecule has 0 aliphatic heterocycles. The summed E-state index contributed by atoms with van der Waals surface area (Å²) in [5.41, 5.74) is 0. The van der Waals surface area contributed by atoms with Crippen LogP contribution in [0.5, 0.6) is 0 Å². The molecule has 104 heavy (non-hydrogen) atoms. The van der Waals surface area contributed by atoms with E-state index in [-0.39, 0.29) is 25.7 Å². The Morgan fingerprint density at radius 3 is 0.683 bits per heavy atom. The van der Waals surface area contributed by atoms with Crippen molar-refractivity contribution in [1.82, 2.24) is 0 Å². The average molecular weight is 1520 g/mol. The van der Waals surface area contributed by atoms with Crippen molar-refractivity contribution in [2.45, 2.75) is 459 Å². The largest absolute Gasteiger partial charge is 0.472 e. The van der Waals surface area contributed by atoms with Gasteiger partial charge in [-0.2, -0.15) is 0 Å².